The van der Waals surface area contributed by atoms with Crippen molar-refractivity contribution >= 4 is 23.0 Å². The standard InChI is InChI=1S/C21H24F3N7O3/c22-21(23,24)17-12-6-25-15(27-18(12)29-28-17)3-11-4-20(5-11)9-31(10-20)19(33)30-2-1-14-13(7-30)26-16(32)8-34-14/h6,11,13-14H,1-5,7-10H2,(H,26,32)(H,25,27,28,29)/t13-,14+/m1/s1. The molecule has 1 saturated carbocycles. The molecule has 1 spiro atoms. The van der Waals surface area contributed by atoms with Crippen LogP contribution >= 0.6 is 0 Å². The van der Waals surface area contributed by atoms with Crippen LogP contribution in [-0.2, 0) is 22.1 Å². The number of ether oxygens (including phenoxy) is 1. The Morgan fingerprint density at radius 3 is 2.82 bits per heavy atom. The van der Waals surface area contributed by atoms with E-state index < -0.39 is 11.9 Å². The van der Waals surface area contributed by atoms with Crippen molar-refractivity contribution in [3.63, 3.8) is 0 Å². The van der Waals surface area contributed by atoms with Crippen LogP contribution in [0.3, 0.4) is 0 Å². The molecule has 3 saturated heterocycles. The van der Waals surface area contributed by atoms with E-state index in [1.807, 2.05) is 10.00 Å². The molecule has 2 aromatic heterocycles. The van der Waals surface area contributed by atoms with Crippen LogP contribution in [0.15, 0.2) is 6.20 Å². The summed E-state index contributed by atoms with van der Waals surface area (Å²) in [4.78, 5) is 36.5. The topological polar surface area (TPSA) is 116 Å². The Labute approximate surface area is 192 Å². The van der Waals surface area contributed by atoms with Crippen molar-refractivity contribution in [1.82, 2.24) is 35.3 Å². The van der Waals surface area contributed by atoms with Crippen molar-refractivity contribution < 1.29 is 27.5 Å². The second-order valence-corrected chi connectivity index (χ2v) is 10.00. The van der Waals surface area contributed by atoms with Gasteiger partial charge in [-0.05, 0) is 25.2 Å². The van der Waals surface area contributed by atoms with Crippen LogP contribution < -0.4 is 5.32 Å². The number of nitrogens with one attached hydrogen (secondary N) is 2. The van der Waals surface area contributed by atoms with Gasteiger partial charge in [-0.25, -0.2) is 14.8 Å². The molecule has 2 atom stereocenters. The SMILES string of the molecule is O=C1CO[C@H]2CCN(C(=O)N3CC4(CC(Cc5ncc6c(C(F)(F)F)[nH]nc6n5)C4)C3)C[C@H]2N1. The van der Waals surface area contributed by atoms with E-state index in [2.05, 4.69) is 20.4 Å². The van der Waals surface area contributed by atoms with E-state index in [0.29, 0.717) is 50.8 Å². The average molecular weight is 479 g/mol. The number of amides is 3. The third kappa shape index (κ3) is 3.65. The zero-order valence-corrected chi connectivity index (χ0v) is 18.3. The Morgan fingerprint density at radius 2 is 2.06 bits per heavy atom. The maximum Gasteiger partial charge on any atom is 0.433 e. The summed E-state index contributed by atoms with van der Waals surface area (Å²) in [5.41, 5.74) is -0.797. The summed E-state index contributed by atoms with van der Waals surface area (Å²) in [5.74, 6) is 0.677. The van der Waals surface area contributed by atoms with Gasteiger partial charge in [0.25, 0.3) is 0 Å². The zero-order valence-electron chi connectivity index (χ0n) is 18.3. The number of alkyl halides is 3. The number of H-pyrrole nitrogens is 1. The molecule has 1 aliphatic carbocycles. The highest BCUT2D eigenvalue weighted by Gasteiger charge is 2.54. The number of carbonyl (C=O) groups is 2. The van der Waals surface area contributed by atoms with Crippen molar-refractivity contribution in [2.75, 3.05) is 32.8 Å². The van der Waals surface area contributed by atoms with Crippen LogP contribution in [0.5, 0.6) is 0 Å². The lowest BCUT2D eigenvalue weighted by Crippen LogP contribution is -2.68. The number of piperidine rings is 1. The summed E-state index contributed by atoms with van der Waals surface area (Å²) in [6.45, 7) is 2.56. The van der Waals surface area contributed by atoms with Crippen molar-refractivity contribution in [2.45, 2.75) is 44.0 Å². The van der Waals surface area contributed by atoms with E-state index in [1.54, 1.807) is 4.90 Å². The van der Waals surface area contributed by atoms with Gasteiger partial charge in [-0.2, -0.15) is 18.3 Å². The predicted octanol–water partition coefficient (Wildman–Crippen LogP) is 1.34. The van der Waals surface area contributed by atoms with E-state index in [-0.39, 0.29) is 47.1 Å². The van der Waals surface area contributed by atoms with Crippen LogP contribution in [0.25, 0.3) is 11.0 Å². The van der Waals surface area contributed by atoms with Gasteiger partial charge in [0.05, 0.1) is 17.5 Å². The van der Waals surface area contributed by atoms with Crippen LogP contribution in [0.4, 0.5) is 18.0 Å². The molecule has 5 heterocycles. The van der Waals surface area contributed by atoms with Gasteiger partial charge in [-0.15, -0.1) is 0 Å². The van der Waals surface area contributed by atoms with Crippen molar-refractivity contribution in [2.24, 2.45) is 11.3 Å². The molecule has 13 heteroatoms. The van der Waals surface area contributed by atoms with Gasteiger partial charge in [0.1, 0.15) is 12.4 Å². The highest BCUT2D eigenvalue weighted by atomic mass is 19.4. The largest absolute Gasteiger partial charge is 0.433 e. The fraction of sp³-hybridized carbons (Fsp3) is 0.667. The Balaban J connectivity index is 1.00. The van der Waals surface area contributed by atoms with Crippen molar-refractivity contribution in [1.29, 1.82) is 0 Å². The second kappa shape index (κ2) is 7.52. The number of likely N-dealkylation sites (tertiary alicyclic amines) is 2. The van der Waals surface area contributed by atoms with Crippen LogP contribution in [0, 0.1) is 11.3 Å². The summed E-state index contributed by atoms with van der Waals surface area (Å²) in [5, 5.41) is 8.48. The number of rotatable bonds is 2. The van der Waals surface area contributed by atoms with Gasteiger partial charge in [0.2, 0.25) is 5.91 Å². The predicted molar refractivity (Wildman–Crippen MR) is 110 cm³/mol. The molecule has 182 valence electrons. The van der Waals surface area contributed by atoms with Gasteiger partial charge in [0.15, 0.2) is 11.3 Å². The first-order valence-corrected chi connectivity index (χ1v) is 11.4. The van der Waals surface area contributed by atoms with Gasteiger partial charge in [0, 0.05) is 44.2 Å². The summed E-state index contributed by atoms with van der Waals surface area (Å²) < 4.78 is 44.5. The molecule has 10 nitrogen and oxygen atoms in total. The number of urea groups is 1. The number of aromatic amines is 1. The quantitative estimate of drug-likeness (QED) is 0.672. The average Bonchev–Trinajstić information content (AvgIpc) is 3.17. The van der Waals surface area contributed by atoms with E-state index in [4.69, 9.17) is 4.74 Å². The fourth-order valence-electron chi connectivity index (χ4n) is 5.95. The Morgan fingerprint density at radius 1 is 1.26 bits per heavy atom. The number of aromatic nitrogens is 4. The summed E-state index contributed by atoms with van der Waals surface area (Å²) >= 11 is 0. The molecule has 0 radical (unpaired) electrons. The summed E-state index contributed by atoms with van der Waals surface area (Å²) in [7, 11) is 0. The molecular formula is C21H24F3N7O3. The van der Waals surface area contributed by atoms with E-state index in [0.717, 1.165) is 12.8 Å². The highest BCUT2D eigenvalue weighted by molar-refractivity contribution is 5.79. The van der Waals surface area contributed by atoms with Gasteiger partial charge in [-0.1, -0.05) is 0 Å². The maximum atomic E-state index is 13.0. The van der Waals surface area contributed by atoms with E-state index in [9.17, 15) is 22.8 Å². The van der Waals surface area contributed by atoms with E-state index in [1.165, 1.54) is 6.20 Å². The molecular weight excluding hydrogens is 455 g/mol. The van der Waals surface area contributed by atoms with Crippen molar-refractivity contribution in [3.05, 3.63) is 17.7 Å². The normalized spacial score (nSPS) is 26.7. The Bertz CT molecular complexity index is 1140. The molecule has 4 fully saturated rings. The zero-order chi connectivity index (χ0) is 23.7. The van der Waals surface area contributed by atoms with Crippen LogP contribution in [0.2, 0.25) is 0 Å². The lowest BCUT2D eigenvalue weighted by atomic mass is 9.57. The molecule has 2 aromatic rings. The number of nitrogens with zero attached hydrogens (tertiary/aromatic N) is 5. The van der Waals surface area contributed by atoms with Gasteiger partial charge in [-0.3, -0.25) is 9.89 Å². The molecule has 3 amide bonds. The van der Waals surface area contributed by atoms with Gasteiger partial charge >= 0.3 is 12.2 Å². The first-order chi connectivity index (χ1) is 16.2. The number of carbonyl (C=O) groups excluding carboxylic acids is 2. The number of morpholine rings is 1. The summed E-state index contributed by atoms with van der Waals surface area (Å²) in [6, 6.07) is -0.151. The molecule has 4 aliphatic rings. The number of hydrogen-bond donors (Lipinski definition) is 2. The minimum Gasteiger partial charge on any atom is -0.366 e. The first-order valence-electron chi connectivity index (χ1n) is 11.4. The first kappa shape index (κ1) is 21.6. The summed E-state index contributed by atoms with van der Waals surface area (Å²) in [6.07, 6.45) is -0.216. The third-order valence-electron chi connectivity index (χ3n) is 7.48. The molecule has 0 unspecified atom stereocenters. The minimum atomic E-state index is -4.53. The number of halogens is 3. The smallest absolute Gasteiger partial charge is 0.366 e. The number of fused-ring (bicyclic) bond motifs is 2. The second-order valence-electron chi connectivity index (χ2n) is 10.00. The molecule has 34 heavy (non-hydrogen) atoms. The maximum absolute atomic E-state index is 13.0. The molecule has 0 bridgehead atoms. The fourth-order valence-corrected chi connectivity index (χ4v) is 5.95. The minimum absolute atomic E-state index is 0.000124. The lowest BCUT2D eigenvalue weighted by Gasteiger charge is -2.60. The molecule has 6 rings (SSSR count). The highest BCUT2D eigenvalue weighted by Crippen LogP contribution is 2.53. The van der Waals surface area contributed by atoms with E-state index >= 15 is 0 Å². The molecule has 3 aliphatic heterocycles. The van der Waals surface area contributed by atoms with Crippen LogP contribution in [-0.4, -0.2) is 86.8 Å². The monoisotopic (exact) mass is 479 g/mol. The number of hydrogen-bond acceptors (Lipinski definition) is 6. The van der Waals surface area contributed by atoms with Crippen LogP contribution in [0.1, 0.15) is 30.8 Å². The Kier molecular flexibility index (Phi) is 4.77. The Hall–Kier alpha value is -2.96. The molecule has 0 aromatic carbocycles. The lowest BCUT2D eigenvalue weighted by molar-refractivity contribution is -0.140. The third-order valence-corrected chi connectivity index (χ3v) is 7.48. The van der Waals surface area contributed by atoms with Crippen molar-refractivity contribution in [3.8, 4) is 0 Å². The molecule has 2 N–H and O–H groups in total. The van der Waals surface area contributed by atoms with Gasteiger partial charge < -0.3 is 19.9 Å².